The fourth-order valence-corrected chi connectivity index (χ4v) is 3.22. The van der Waals surface area contributed by atoms with Gasteiger partial charge in [0.25, 0.3) is 0 Å². The summed E-state index contributed by atoms with van der Waals surface area (Å²) in [5.74, 6) is -0.238. The molecule has 0 saturated heterocycles. The van der Waals surface area contributed by atoms with Gasteiger partial charge in [0.15, 0.2) is 0 Å². The van der Waals surface area contributed by atoms with Gasteiger partial charge in [0, 0.05) is 25.0 Å². The maximum atomic E-state index is 13.1. The minimum absolute atomic E-state index is 0.0326. The number of hydrogen-bond acceptors (Lipinski definition) is 3. The minimum atomic E-state index is -0.270. The summed E-state index contributed by atoms with van der Waals surface area (Å²) in [6, 6.07) is 10.3. The highest BCUT2D eigenvalue weighted by molar-refractivity contribution is 7.09. The van der Waals surface area contributed by atoms with E-state index in [1.165, 1.54) is 17.0 Å². The molecule has 0 bridgehead atoms. The van der Waals surface area contributed by atoms with Crippen LogP contribution in [0.5, 0.6) is 0 Å². The van der Waals surface area contributed by atoms with Gasteiger partial charge in [0.2, 0.25) is 5.91 Å². The first-order valence-electron chi connectivity index (χ1n) is 7.88. The first-order valence-corrected chi connectivity index (χ1v) is 8.76. The Bertz CT molecular complexity index is 655. The largest absolute Gasteiger partial charge is 0.338 e. The number of nitrogens with zero attached hydrogens (tertiary/aromatic N) is 2. The number of hydrogen-bond donors (Lipinski definition) is 0. The van der Waals surface area contributed by atoms with E-state index in [1.807, 2.05) is 24.4 Å². The Morgan fingerprint density at radius 1 is 1.33 bits per heavy atom. The Labute approximate surface area is 147 Å². The van der Waals surface area contributed by atoms with Crippen molar-refractivity contribution in [2.75, 3.05) is 20.1 Å². The molecule has 1 atom stereocenters. The number of likely N-dealkylation sites (N-methyl/N-ethyl adjacent to an activating group) is 1. The maximum absolute atomic E-state index is 13.1. The lowest BCUT2D eigenvalue weighted by Crippen LogP contribution is -2.39. The molecule has 0 aliphatic carbocycles. The molecule has 0 fully saturated rings. The number of benzene rings is 1. The first kappa shape index (κ1) is 18.4. The highest BCUT2D eigenvalue weighted by atomic mass is 32.1. The Morgan fingerprint density at radius 3 is 2.62 bits per heavy atom. The van der Waals surface area contributed by atoms with Crippen LogP contribution < -0.4 is 0 Å². The summed E-state index contributed by atoms with van der Waals surface area (Å²) in [5.41, 5.74) is 0.917. The molecular weight excluding hydrogens is 323 g/mol. The molecule has 24 heavy (non-hydrogen) atoms. The normalized spacial score (nSPS) is 12.2. The number of halogens is 1. The summed E-state index contributed by atoms with van der Waals surface area (Å²) in [6.45, 7) is 7.43. The van der Waals surface area contributed by atoms with E-state index in [2.05, 4.69) is 17.5 Å². The highest BCUT2D eigenvalue weighted by Crippen LogP contribution is 2.20. The van der Waals surface area contributed by atoms with E-state index < -0.39 is 0 Å². The fourth-order valence-electron chi connectivity index (χ4n) is 2.47. The van der Waals surface area contributed by atoms with Gasteiger partial charge in [-0.05, 0) is 36.1 Å². The second kappa shape index (κ2) is 8.76. The number of carbonyl (C=O) groups excluding carboxylic acids is 1. The van der Waals surface area contributed by atoms with Gasteiger partial charge in [-0.3, -0.25) is 9.69 Å². The zero-order valence-electron chi connectivity index (χ0n) is 14.1. The van der Waals surface area contributed by atoms with E-state index in [0.717, 1.165) is 12.1 Å². The van der Waals surface area contributed by atoms with Crippen LogP contribution in [0.15, 0.2) is 54.4 Å². The minimum Gasteiger partial charge on any atom is -0.338 e. The van der Waals surface area contributed by atoms with Crippen LogP contribution in [0.1, 0.15) is 23.4 Å². The molecule has 0 radical (unpaired) electrons. The summed E-state index contributed by atoms with van der Waals surface area (Å²) < 4.78 is 13.1. The van der Waals surface area contributed by atoms with Crippen LogP contribution in [-0.2, 0) is 11.3 Å². The zero-order chi connectivity index (χ0) is 17.5. The van der Waals surface area contributed by atoms with Crippen molar-refractivity contribution in [1.29, 1.82) is 0 Å². The predicted octanol–water partition coefficient (Wildman–Crippen LogP) is 4.09. The van der Waals surface area contributed by atoms with Gasteiger partial charge in [-0.2, -0.15) is 0 Å². The summed E-state index contributed by atoms with van der Waals surface area (Å²) in [4.78, 5) is 17.6. The third kappa shape index (κ3) is 5.01. The molecule has 1 aromatic carbocycles. The van der Waals surface area contributed by atoms with Crippen LogP contribution in [0.25, 0.3) is 0 Å². The van der Waals surface area contributed by atoms with Gasteiger partial charge >= 0.3 is 0 Å². The van der Waals surface area contributed by atoms with Crippen LogP contribution in [0.3, 0.4) is 0 Å². The third-order valence-electron chi connectivity index (χ3n) is 4.03. The zero-order valence-corrected chi connectivity index (χ0v) is 14.9. The molecular formula is C19H23FN2OS. The van der Waals surface area contributed by atoms with Gasteiger partial charge in [0.05, 0.1) is 12.6 Å². The van der Waals surface area contributed by atoms with Crippen molar-refractivity contribution in [2.24, 2.45) is 0 Å². The summed E-state index contributed by atoms with van der Waals surface area (Å²) in [6.07, 6.45) is 1.81. The molecule has 0 spiro atoms. The summed E-state index contributed by atoms with van der Waals surface area (Å²) >= 11 is 1.68. The van der Waals surface area contributed by atoms with Gasteiger partial charge in [-0.1, -0.05) is 24.3 Å². The predicted molar refractivity (Wildman–Crippen MR) is 97.4 cm³/mol. The van der Waals surface area contributed by atoms with Crippen molar-refractivity contribution < 1.29 is 9.18 Å². The van der Waals surface area contributed by atoms with Gasteiger partial charge < -0.3 is 4.90 Å². The molecule has 0 aliphatic heterocycles. The average Bonchev–Trinajstić information content (AvgIpc) is 3.07. The number of rotatable bonds is 8. The van der Waals surface area contributed by atoms with Crippen LogP contribution >= 0.6 is 11.3 Å². The lowest BCUT2D eigenvalue weighted by Gasteiger charge is -2.28. The molecule has 1 heterocycles. The van der Waals surface area contributed by atoms with Crippen molar-refractivity contribution in [1.82, 2.24) is 9.80 Å². The van der Waals surface area contributed by atoms with E-state index in [0.29, 0.717) is 13.1 Å². The van der Waals surface area contributed by atoms with Gasteiger partial charge in [-0.15, -0.1) is 17.9 Å². The Balaban J connectivity index is 1.99. The average molecular weight is 346 g/mol. The van der Waals surface area contributed by atoms with Crippen LogP contribution in [0.4, 0.5) is 4.39 Å². The van der Waals surface area contributed by atoms with E-state index in [9.17, 15) is 9.18 Å². The smallest absolute Gasteiger partial charge is 0.237 e. The van der Waals surface area contributed by atoms with Crippen LogP contribution in [0.2, 0.25) is 0 Å². The Kier molecular flexibility index (Phi) is 6.70. The molecule has 1 unspecified atom stereocenters. The number of amides is 1. The quantitative estimate of drug-likeness (QED) is 0.672. The van der Waals surface area contributed by atoms with E-state index in [4.69, 9.17) is 0 Å². The topological polar surface area (TPSA) is 23.6 Å². The first-order chi connectivity index (χ1) is 11.5. The van der Waals surface area contributed by atoms with E-state index in [1.54, 1.807) is 35.4 Å². The second-order valence-corrected chi connectivity index (χ2v) is 6.80. The molecule has 128 valence electrons. The van der Waals surface area contributed by atoms with Crippen molar-refractivity contribution in [3.8, 4) is 0 Å². The van der Waals surface area contributed by atoms with Crippen molar-refractivity contribution in [3.05, 3.63) is 70.7 Å². The lowest BCUT2D eigenvalue weighted by atomic mass is 10.1. The van der Waals surface area contributed by atoms with Crippen LogP contribution in [-0.4, -0.2) is 35.8 Å². The van der Waals surface area contributed by atoms with Gasteiger partial charge in [-0.25, -0.2) is 4.39 Å². The fraction of sp³-hybridized carbons (Fsp3) is 0.316. The molecule has 0 N–H and O–H groups in total. The SMILES string of the molecule is C=CCN(CC(=O)N(C)C(C)c1ccc(F)cc1)Cc1cccs1. The monoisotopic (exact) mass is 346 g/mol. The lowest BCUT2D eigenvalue weighted by molar-refractivity contribution is -0.133. The molecule has 2 rings (SSSR count). The van der Waals surface area contributed by atoms with Crippen LogP contribution in [0, 0.1) is 5.82 Å². The standard InChI is InChI=1S/C19H23FN2OS/c1-4-11-22(13-18-6-5-12-24-18)14-19(23)21(3)15(2)16-7-9-17(20)10-8-16/h4-10,12,15H,1,11,13-14H2,2-3H3. The van der Waals surface area contributed by atoms with Crippen molar-refractivity contribution in [3.63, 3.8) is 0 Å². The van der Waals surface area contributed by atoms with Crippen molar-refractivity contribution in [2.45, 2.75) is 19.5 Å². The summed E-state index contributed by atoms with van der Waals surface area (Å²) in [7, 11) is 1.79. The van der Waals surface area contributed by atoms with Crippen molar-refractivity contribution >= 4 is 17.2 Å². The summed E-state index contributed by atoms with van der Waals surface area (Å²) in [5, 5.41) is 2.03. The maximum Gasteiger partial charge on any atom is 0.237 e. The second-order valence-electron chi connectivity index (χ2n) is 5.77. The van der Waals surface area contributed by atoms with E-state index in [-0.39, 0.29) is 17.8 Å². The Morgan fingerprint density at radius 2 is 2.04 bits per heavy atom. The molecule has 0 aliphatic rings. The Hall–Kier alpha value is -1.98. The molecule has 0 saturated carbocycles. The highest BCUT2D eigenvalue weighted by Gasteiger charge is 2.20. The van der Waals surface area contributed by atoms with Gasteiger partial charge in [0.1, 0.15) is 5.82 Å². The number of thiophene rings is 1. The molecule has 3 nitrogen and oxygen atoms in total. The molecule has 5 heteroatoms. The third-order valence-corrected chi connectivity index (χ3v) is 4.89. The molecule has 2 aromatic rings. The number of carbonyl (C=O) groups is 1. The molecule has 1 aromatic heterocycles. The molecule has 1 amide bonds. The van der Waals surface area contributed by atoms with E-state index >= 15 is 0 Å².